The van der Waals surface area contributed by atoms with Crippen molar-refractivity contribution in [3.05, 3.63) is 43.5 Å². The zero-order valence-corrected chi connectivity index (χ0v) is 14.1. The smallest absolute Gasteiger partial charge is 0.368 e. The molecule has 0 spiro atoms. The molecule has 1 heterocycles. The number of hydrogen-bond donors (Lipinski definition) is 0. The molecule has 0 aliphatic rings. The van der Waals surface area contributed by atoms with E-state index in [1.807, 2.05) is 6.07 Å². The number of nitriles is 1. The topological polar surface area (TPSA) is 102 Å². The number of nitro groups is 1. The van der Waals surface area contributed by atoms with E-state index in [4.69, 9.17) is 21.6 Å². The van der Waals surface area contributed by atoms with Crippen molar-refractivity contribution in [3.8, 4) is 17.7 Å². The number of ether oxygens (including phenoxy) is 1. The zero-order chi connectivity index (χ0) is 16.3. The molecule has 0 unspecified atom stereocenters. The van der Waals surface area contributed by atoms with Crippen LogP contribution in [-0.2, 0) is 0 Å². The van der Waals surface area contributed by atoms with Crippen LogP contribution in [0, 0.1) is 21.4 Å². The maximum Gasteiger partial charge on any atom is 0.368 e. The second kappa shape index (κ2) is 6.91. The minimum atomic E-state index is -0.717. The average Bonchev–Trinajstić information content (AvgIpc) is 2.45. The molecule has 2 aromatic rings. The number of benzene rings is 1. The molecule has 10 heteroatoms. The average molecular weight is 402 g/mol. The molecule has 0 aliphatic heterocycles. The first-order chi connectivity index (χ1) is 10.4. The largest absolute Gasteiger partial charge is 0.433 e. The maximum absolute atomic E-state index is 11.1. The molecule has 0 N–H and O–H groups in total. The van der Waals surface area contributed by atoms with Gasteiger partial charge in [0, 0.05) is 4.47 Å². The maximum atomic E-state index is 11.1. The van der Waals surface area contributed by atoms with Gasteiger partial charge < -0.3 is 4.74 Å². The molecule has 112 valence electrons. The SMILES string of the molecule is CSc1nc(Cl)c([N+](=O)[O-])c(Oc2cc(Br)cc(C#N)c2)n1. The molecule has 0 radical (unpaired) electrons. The summed E-state index contributed by atoms with van der Waals surface area (Å²) in [6.07, 6.45) is 1.70. The van der Waals surface area contributed by atoms with Gasteiger partial charge in [-0.15, -0.1) is 0 Å². The van der Waals surface area contributed by atoms with Crippen molar-refractivity contribution in [1.82, 2.24) is 9.97 Å². The van der Waals surface area contributed by atoms with Gasteiger partial charge in [0.05, 0.1) is 16.6 Å². The van der Waals surface area contributed by atoms with Crippen LogP contribution in [0.1, 0.15) is 5.56 Å². The van der Waals surface area contributed by atoms with Crippen LogP contribution in [0.25, 0.3) is 0 Å². The molecule has 1 aromatic carbocycles. The first-order valence-corrected chi connectivity index (χ1v) is 7.98. The predicted molar refractivity (Wildman–Crippen MR) is 84.4 cm³/mol. The highest BCUT2D eigenvalue weighted by Gasteiger charge is 2.26. The Bertz CT molecular complexity index is 797. The summed E-state index contributed by atoms with van der Waals surface area (Å²) in [7, 11) is 0. The fourth-order valence-corrected chi connectivity index (χ4v) is 2.61. The van der Waals surface area contributed by atoms with Crippen LogP contribution in [0.15, 0.2) is 27.8 Å². The van der Waals surface area contributed by atoms with Crippen LogP contribution >= 0.6 is 39.3 Å². The van der Waals surface area contributed by atoms with Gasteiger partial charge >= 0.3 is 11.6 Å². The summed E-state index contributed by atoms with van der Waals surface area (Å²) in [5, 5.41) is 20.0. The highest BCUT2D eigenvalue weighted by atomic mass is 79.9. The predicted octanol–water partition coefficient (Wildman–Crippen LogP) is 4.19. The van der Waals surface area contributed by atoms with Gasteiger partial charge in [0.15, 0.2) is 5.16 Å². The van der Waals surface area contributed by atoms with Crippen molar-refractivity contribution in [3.63, 3.8) is 0 Å². The number of halogens is 2. The lowest BCUT2D eigenvalue weighted by Gasteiger charge is -2.08. The van der Waals surface area contributed by atoms with E-state index < -0.39 is 10.6 Å². The Hall–Kier alpha value is -1.89. The number of thioether (sulfide) groups is 1. The summed E-state index contributed by atoms with van der Waals surface area (Å²) >= 11 is 10.2. The molecular weight excluding hydrogens is 396 g/mol. The third-order valence-corrected chi connectivity index (χ3v) is 3.64. The molecule has 0 aliphatic carbocycles. The van der Waals surface area contributed by atoms with Crippen molar-refractivity contribution in [2.75, 3.05) is 6.26 Å². The molecule has 0 bridgehead atoms. The van der Waals surface area contributed by atoms with Crippen LogP contribution in [0.3, 0.4) is 0 Å². The van der Waals surface area contributed by atoms with Gasteiger partial charge in [-0.25, -0.2) is 4.98 Å². The van der Waals surface area contributed by atoms with Gasteiger partial charge in [-0.1, -0.05) is 39.3 Å². The van der Waals surface area contributed by atoms with Gasteiger partial charge in [-0.2, -0.15) is 10.2 Å². The fourth-order valence-electron chi connectivity index (χ4n) is 1.50. The van der Waals surface area contributed by atoms with Crippen molar-refractivity contribution in [2.24, 2.45) is 0 Å². The third-order valence-electron chi connectivity index (χ3n) is 2.37. The lowest BCUT2D eigenvalue weighted by Crippen LogP contribution is -2.00. The molecule has 0 saturated carbocycles. The zero-order valence-electron chi connectivity index (χ0n) is 10.9. The molecule has 0 atom stereocenters. The summed E-state index contributed by atoms with van der Waals surface area (Å²) in [6.45, 7) is 0. The summed E-state index contributed by atoms with van der Waals surface area (Å²) in [5.74, 6) is -0.0628. The van der Waals surface area contributed by atoms with Crippen LogP contribution in [0.4, 0.5) is 5.69 Å². The third kappa shape index (κ3) is 3.65. The van der Waals surface area contributed by atoms with E-state index in [1.165, 1.54) is 17.8 Å². The van der Waals surface area contributed by atoms with Gasteiger partial charge in [0.2, 0.25) is 5.15 Å². The molecular formula is C12H6BrClN4O3S. The Morgan fingerprint density at radius 2 is 2.18 bits per heavy atom. The van der Waals surface area contributed by atoms with Gasteiger partial charge in [-0.3, -0.25) is 10.1 Å². The lowest BCUT2D eigenvalue weighted by molar-refractivity contribution is -0.386. The van der Waals surface area contributed by atoms with Crippen molar-refractivity contribution < 1.29 is 9.66 Å². The van der Waals surface area contributed by atoms with E-state index in [9.17, 15) is 10.1 Å². The summed E-state index contributed by atoms with van der Waals surface area (Å²) in [4.78, 5) is 18.2. The first kappa shape index (κ1) is 16.5. The second-order valence-electron chi connectivity index (χ2n) is 3.80. The van der Waals surface area contributed by atoms with E-state index in [2.05, 4.69) is 25.9 Å². The number of nitrogens with zero attached hydrogens (tertiary/aromatic N) is 4. The Morgan fingerprint density at radius 1 is 1.45 bits per heavy atom. The Labute approximate surface area is 142 Å². The number of rotatable bonds is 4. The Kier molecular flexibility index (Phi) is 5.18. The van der Waals surface area contributed by atoms with Gasteiger partial charge in [0.25, 0.3) is 0 Å². The van der Waals surface area contributed by atoms with Crippen LogP contribution in [0.5, 0.6) is 11.6 Å². The lowest BCUT2D eigenvalue weighted by atomic mass is 10.2. The molecule has 22 heavy (non-hydrogen) atoms. The number of hydrogen-bond acceptors (Lipinski definition) is 7. The minimum absolute atomic E-state index is 0.218. The first-order valence-electron chi connectivity index (χ1n) is 5.59. The summed E-state index contributed by atoms with van der Waals surface area (Å²) < 4.78 is 6.04. The highest BCUT2D eigenvalue weighted by molar-refractivity contribution is 9.10. The van der Waals surface area contributed by atoms with Crippen molar-refractivity contribution in [2.45, 2.75) is 5.16 Å². The second-order valence-corrected chi connectivity index (χ2v) is 5.85. The minimum Gasteiger partial charge on any atom is -0.433 e. The quantitative estimate of drug-likeness (QED) is 0.249. The molecule has 0 fully saturated rings. The van der Waals surface area contributed by atoms with E-state index in [1.54, 1.807) is 18.4 Å². The van der Waals surface area contributed by atoms with E-state index in [0.29, 0.717) is 10.0 Å². The molecule has 0 amide bonds. The van der Waals surface area contributed by atoms with E-state index in [-0.39, 0.29) is 21.9 Å². The van der Waals surface area contributed by atoms with E-state index >= 15 is 0 Å². The number of aromatic nitrogens is 2. The molecule has 1 aromatic heterocycles. The monoisotopic (exact) mass is 400 g/mol. The van der Waals surface area contributed by atoms with Crippen LogP contribution in [-0.4, -0.2) is 21.1 Å². The summed E-state index contributed by atoms with van der Waals surface area (Å²) in [5.41, 5.74) is -0.199. The molecule has 0 saturated heterocycles. The molecule has 2 rings (SSSR count). The Morgan fingerprint density at radius 3 is 2.77 bits per heavy atom. The van der Waals surface area contributed by atoms with Crippen molar-refractivity contribution in [1.29, 1.82) is 5.26 Å². The molecule has 7 nitrogen and oxygen atoms in total. The highest BCUT2D eigenvalue weighted by Crippen LogP contribution is 2.36. The Balaban J connectivity index is 2.53. The normalized spacial score (nSPS) is 10.1. The van der Waals surface area contributed by atoms with Gasteiger partial charge in [0.1, 0.15) is 5.75 Å². The summed E-state index contributed by atoms with van der Waals surface area (Å²) in [6, 6.07) is 6.53. The van der Waals surface area contributed by atoms with Crippen LogP contribution in [0.2, 0.25) is 5.15 Å². The van der Waals surface area contributed by atoms with Crippen molar-refractivity contribution >= 4 is 45.0 Å². The fraction of sp³-hybridized carbons (Fsp3) is 0.0833. The van der Waals surface area contributed by atoms with E-state index in [0.717, 1.165) is 0 Å². The van der Waals surface area contributed by atoms with Gasteiger partial charge in [-0.05, 0) is 24.5 Å². The van der Waals surface area contributed by atoms with Crippen LogP contribution < -0.4 is 4.74 Å². The standard InChI is InChI=1S/C12H6BrClN4O3S/c1-22-12-16-10(14)9(18(19)20)11(17-12)21-8-3-6(5-15)2-7(13)4-8/h2-4H,1H3.